The molecule has 7 heteroatoms. The van der Waals surface area contributed by atoms with Crippen LogP contribution in [0.5, 0.6) is 0 Å². The van der Waals surface area contributed by atoms with E-state index in [-0.39, 0.29) is 58.2 Å². The maximum atomic E-state index is 12.7. The lowest BCUT2D eigenvalue weighted by Gasteiger charge is -2.61. The molecule has 202 valence electrons. The minimum Gasteiger partial charge on any atom is -0.463 e. The van der Waals surface area contributed by atoms with Crippen LogP contribution in [0.15, 0.2) is 27.6 Å². The Hall–Kier alpha value is -2.15. The van der Waals surface area contributed by atoms with Gasteiger partial charge in [-0.2, -0.15) is 0 Å². The second-order valence-electron chi connectivity index (χ2n) is 12.9. The highest BCUT2D eigenvalue weighted by molar-refractivity contribution is 5.70. The summed E-state index contributed by atoms with van der Waals surface area (Å²) in [5.41, 5.74) is 0.203. The Morgan fingerprint density at radius 1 is 1.05 bits per heavy atom. The third-order valence-corrected chi connectivity index (χ3v) is 11.2. The quantitative estimate of drug-likeness (QED) is 0.398. The Balaban J connectivity index is 1.33. The average Bonchev–Trinajstić information content (AvgIpc) is 3.55. The smallest absolute Gasteiger partial charge is 0.335 e. The molecule has 0 aromatic carbocycles. The Bertz CT molecular complexity index is 1120. The number of hydrogen-bond acceptors (Lipinski definition) is 7. The standard InChI is InChI=1S/C30H40O7/c1-5-6-24(33)36-26-25(18-7-10-23(32)34-16-18)29(4)14-12-21-22(30(29)27(26)37-30)9-8-19-15-20(35-17(2)31)11-13-28(19,21)3/h7,10,16,19-22,25-27H,5-6,8-9,11-15H2,1-4H3. The van der Waals surface area contributed by atoms with Gasteiger partial charge in [-0.05, 0) is 86.2 Å². The molecule has 10 unspecified atom stereocenters. The van der Waals surface area contributed by atoms with Gasteiger partial charge in [0.15, 0.2) is 0 Å². The Kier molecular flexibility index (Phi) is 5.90. The molecular formula is C30H40O7. The molecule has 0 N–H and O–H groups in total. The Morgan fingerprint density at radius 2 is 1.86 bits per heavy atom. The molecule has 7 nitrogen and oxygen atoms in total. The zero-order valence-corrected chi connectivity index (χ0v) is 22.5. The van der Waals surface area contributed by atoms with Crippen LogP contribution >= 0.6 is 0 Å². The van der Waals surface area contributed by atoms with Gasteiger partial charge in [-0.25, -0.2) is 4.79 Å². The van der Waals surface area contributed by atoms with Crippen molar-refractivity contribution in [1.82, 2.24) is 0 Å². The number of epoxide rings is 1. The molecule has 1 aromatic heterocycles. The number of hydrogen-bond donors (Lipinski definition) is 0. The summed E-state index contributed by atoms with van der Waals surface area (Å²) in [6, 6.07) is 3.32. The van der Waals surface area contributed by atoms with Crippen molar-refractivity contribution in [3.05, 3.63) is 34.4 Å². The third-order valence-electron chi connectivity index (χ3n) is 11.2. The Labute approximate surface area is 218 Å². The van der Waals surface area contributed by atoms with Crippen LogP contribution in [0.4, 0.5) is 0 Å². The molecule has 1 spiro atoms. The summed E-state index contributed by atoms with van der Waals surface area (Å²) >= 11 is 0. The molecule has 6 rings (SSSR count). The topological polar surface area (TPSA) is 95.3 Å². The van der Waals surface area contributed by atoms with Gasteiger partial charge in [0, 0.05) is 30.7 Å². The van der Waals surface area contributed by atoms with Crippen molar-refractivity contribution in [1.29, 1.82) is 0 Å². The van der Waals surface area contributed by atoms with Crippen LogP contribution in [0.3, 0.4) is 0 Å². The van der Waals surface area contributed by atoms with Gasteiger partial charge in [-0.3, -0.25) is 9.59 Å². The summed E-state index contributed by atoms with van der Waals surface area (Å²) in [6.45, 7) is 8.27. The average molecular weight is 513 g/mol. The van der Waals surface area contributed by atoms with E-state index < -0.39 is 0 Å². The van der Waals surface area contributed by atoms with Crippen LogP contribution in [0.1, 0.15) is 97.0 Å². The van der Waals surface area contributed by atoms with Crippen molar-refractivity contribution in [2.45, 2.75) is 115 Å². The minimum absolute atomic E-state index is 0.0371. The largest absolute Gasteiger partial charge is 0.463 e. The van der Waals surface area contributed by atoms with E-state index >= 15 is 0 Å². The number of carbonyl (C=O) groups excluding carboxylic acids is 2. The van der Waals surface area contributed by atoms with E-state index in [0.29, 0.717) is 24.2 Å². The first kappa shape index (κ1) is 25.1. The molecule has 2 heterocycles. The molecule has 5 fully saturated rings. The first-order chi connectivity index (χ1) is 17.6. The SMILES string of the molecule is CCCC(=O)OC1C(c2ccc(=O)oc2)C2(C)CCC3C(CCC4CC(OC(C)=O)CCC43C)C23OC13. The highest BCUT2D eigenvalue weighted by Crippen LogP contribution is 2.78. The summed E-state index contributed by atoms with van der Waals surface area (Å²) in [7, 11) is 0. The van der Waals surface area contributed by atoms with Crippen LogP contribution in [0.2, 0.25) is 0 Å². The lowest BCUT2D eigenvalue weighted by Crippen LogP contribution is -2.58. The van der Waals surface area contributed by atoms with Gasteiger partial charge in [0.2, 0.25) is 0 Å². The second-order valence-corrected chi connectivity index (χ2v) is 12.9. The van der Waals surface area contributed by atoms with Gasteiger partial charge in [0.05, 0.1) is 6.26 Å². The molecule has 0 bridgehead atoms. The van der Waals surface area contributed by atoms with Gasteiger partial charge >= 0.3 is 17.6 Å². The first-order valence-corrected chi connectivity index (χ1v) is 14.3. The lowest BCUT2D eigenvalue weighted by molar-refractivity contribution is -0.167. The van der Waals surface area contributed by atoms with Gasteiger partial charge < -0.3 is 18.6 Å². The molecule has 4 aliphatic carbocycles. The second kappa shape index (κ2) is 8.69. The van der Waals surface area contributed by atoms with Crippen molar-refractivity contribution in [2.75, 3.05) is 0 Å². The van der Waals surface area contributed by atoms with Crippen molar-refractivity contribution in [3.63, 3.8) is 0 Å². The predicted molar refractivity (Wildman–Crippen MR) is 135 cm³/mol. The van der Waals surface area contributed by atoms with Gasteiger partial charge in [0.1, 0.15) is 23.9 Å². The molecular weight excluding hydrogens is 472 g/mol. The van der Waals surface area contributed by atoms with Gasteiger partial charge in [-0.1, -0.05) is 20.8 Å². The highest BCUT2D eigenvalue weighted by atomic mass is 16.7. The zero-order chi connectivity index (χ0) is 26.2. The molecule has 1 aromatic rings. The molecule has 10 atom stereocenters. The number of esters is 2. The summed E-state index contributed by atoms with van der Waals surface area (Å²) in [5.74, 6) is 1.05. The summed E-state index contributed by atoms with van der Waals surface area (Å²) < 4.78 is 23.9. The van der Waals surface area contributed by atoms with E-state index in [1.807, 2.05) is 13.0 Å². The van der Waals surface area contributed by atoms with E-state index in [2.05, 4.69) is 13.8 Å². The summed E-state index contributed by atoms with van der Waals surface area (Å²) in [4.78, 5) is 36.1. The predicted octanol–water partition coefficient (Wildman–Crippen LogP) is 5.15. The van der Waals surface area contributed by atoms with Crippen molar-refractivity contribution < 1.29 is 28.2 Å². The van der Waals surface area contributed by atoms with E-state index in [1.165, 1.54) is 13.0 Å². The normalized spacial score (nSPS) is 45.6. The van der Waals surface area contributed by atoms with Crippen molar-refractivity contribution in [2.24, 2.45) is 28.6 Å². The van der Waals surface area contributed by atoms with Crippen molar-refractivity contribution in [3.8, 4) is 0 Å². The molecule has 0 radical (unpaired) electrons. The molecule has 4 saturated carbocycles. The first-order valence-electron chi connectivity index (χ1n) is 14.3. The number of ether oxygens (including phenoxy) is 3. The minimum atomic E-state index is -0.374. The van der Waals surface area contributed by atoms with Crippen LogP contribution < -0.4 is 5.63 Å². The fourth-order valence-electron chi connectivity index (χ4n) is 9.65. The van der Waals surface area contributed by atoms with Gasteiger partial charge in [0.25, 0.3) is 0 Å². The fraction of sp³-hybridized carbons (Fsp3) is 0.767. The molecule has 5 aliphatic rings. The number of rotatable bonds is 5. The third kappa shape index (κ3) is 3.59. The van der Waals surface area contributed by atoms with E-state index in [4.69, 9.17) is 18.6 Å². The summed E-state index contributed by atoms with van der Waals surface area (Å²) in [5, 5.41) is 0. The van der Waals surface area contributed by atoms with Crippen LogP contribution in [-0.4, -0.2) is 35.9 Å². The fourth-order valence-corrected chi connectivity index (χ4v) is 9.65. The highest BCUT2D eigenvalue weighted by Gasteiger charge is 2.84. The summed E-state index contributed by atoms with van der Waals surface area (Å²) in [6.07, 6.45) is 9.45. The van der Waals surface area contributed by atoms with Gasteiger partial charge in [-0.15, -0.1) is 0 Å². The lowest BCUT2D eigenvalue weighted by atomic mass is 9.44. The molecule has 0 amide bonds. The van der Waals surface area contributed by atoms with Crippen LogP contribution in [0, 0.1) is 28.6 Å². The molecule has 37 heavy (non-hydrogen) atoms. The number of carbonyl (C=O) groups is 2. The zero-order valence-electron chi connectivity index (χ0n) is 22.5. The van der Waals surface area contributed by atoms with Crippen molar-refractivity contribution >= 4 is 11.9 Å². The van der Waals surface area contributed by atoms with Crippen LogP contribution in [0.25, 0.3) is 0 Å². The van der Waals surface area contributed by atoms with E-state index in [0.717, 1.165) is 56.9 Å². The maximum absolute atomic E-state index is 12.7. The maximum Gasteiger partial charge on any atom is 0.335 e. The van der Waals surface area contributed by atoms with E-state index in [9.17, 15) is 14.4 Å². The molecule has 1 aliphatic heterocycles. The molecule has 1 saturated heterocycles. The monoisotopic (exact) mass is 512 g/mol. The van der Waals surface area contributed by atoms with E-state index in [1.54, 1.807) is 6.26 Å². The van der Waals surface area contributed by atoms with Crippen LogP contribution in [-0.2, 0) is 23.8 Å². The number of fused-ring (bicyclic) bond motifs is 3. The Morgan fingerprint density at radius 3 is 2.57 bits per heavy atom.